The van der Waals surface area contributed by atoms with E-state index in [-0.39, 0.29) is 21.7 Å². The minimum atomic E-state index is -1.31. The average Bonchev–Trinajstić information content (AvgIpc) is 2.86. The molecule has 0 amide bonds. The summed E-state index contributed by atoms with van der Waals surface area (Å²) in [5.41, 5.74) is 6.99. The van der Waals surface area contributed by atoms with Crippen molar-refractivity contribution in [1.82, 2.24) is 0 Å². The highest BCUT2D eigenvalue weighted by atomic mass is 31.1. The Balaban J connectivity index is 2.76. The van der Waals surface area contributed by atoms with Crippen LogP contribution in [-0.2, 0) is 21.7 Å². The third-order valence-electron chi connectivity index (χ3n) is 6.98. The van der Waals surface area contributed by atoms with Gasteiger partial charge in [-0.3, -0.25) is 0 Å². The number of rotatable bonds is 3. The Labute approximate surface area is 221 Å². The zero-order chi connectivity index (χ0) is 27.4. The van der Waals surface area contributed by atoms with Gasteiger partial charge in [-0.05, 0) is 51.3 Å². The van der Waals surface area contributed by atoms with Gasteiger partial charge in [0.25, 0.3) is 0 Å². The molecule has 0 atom stereocenters. The number of nitrogens with zero attached hydrogens (tertiary/aromatic N) is 1. The van der Waals surface area contributed by atoms with E-state index in [9.17, 15) is 0 Å². The van der Waals surface area contributed by atoms with Crippen LogP contribution in [0.25, 0.3) is 21.9 Å². The molecule has 0 unspecified atom stereocenters. The molecule has 0 spiro atoms. The van der Waals surface area contributed by atoms with Gasteiger partial charge < -0.3 is 8.39 Å². The first kappa shape index (κ1) is 28.9. The zero-order valence-corrected chi connectivity index (χ0v) is 26.3. The van der Waals surface area contributed by atoms with E-state index < -0.39 is 8.16 Å². The average molecular weight is 512 g/mol. The van der Waals surface area contributed by atoms with Crippen LogP contribution in [0, 0.1) is 0 Å². The van der Waals surface area contributed by atoms with E-state index in [0.717, 1.165) is 34.9 Å². The second-order valence-electron chi connectivity index (χ2n) is 14.6. The minimum absolute atomic E-state index is 0.0145. The van der Waals surface area contributed by atoms with Crippen LogP contribution in [-0.4, -0.2) is 13.6 Å². The first-order valence-electron chi connectivity index (χ1n) is 13.5. The largest absolute Gasteiger partial charge is 0.407 e. The topological polar surface area (TPSA) is 29.5 Å². The third kappa shape index (κ3) is 5.89. The minimum Gasteiger partial charge on any atom is -0.407 e. The molecule has 3 aromatic rings. The van der Waals surface area contributed by atoms with E-state index in [0.29, 0.717) is 0 Å². The maximum Gasteiger partial charge on any atom is 0.309 e. The molecular weight excluding hydrogens is 461 g/mol. The van der Waals surface area contributed by atoms with Crippen molar-refractivity contribution in [2.45, 2.75) is 118 Å². The highest BCUT2D eigenvalue weighted by Gasteiger charge is 2.29. The highest BCUT2D eigenvalue weighted by Crippen LogP contribution is 2.45. The molecule has 4 heteroatoms. The molecule has 0 aliphatic heterocycles. The van der Waals surface area contributed by atoms with Crippen LogP contribution in [0.15, 0.2) is 32.7 Å². The van der Waals surface area contributed by atoms with Gasteiger partial charge in [0, 0.05) is 35.5 Å². The van der Waals surface area contributed by atoms with Crippen molar-refractivity contribution in [1.29, 1.82) is 0 Å². The first-order chi connectivity index (χ1) is 16.2. The summed E-state index contributed by atoms with van der Waals surface area (Å²) in [4.78, 5) is 0. The Bertz CT molecular complexity index is 1190. The predicted molar refractivity (Wildman–Crippen MR) is 160 cm³/mol. The SMILES string of the molecule is CCCN(C)p1oc2c(C(C)(C)C)cc(C(C)(C)C)cc2c2cc(C(C)(C)C)cc(C(C)(C)C)c2o1. The van der Waals surface area contributed by atoms with Crippen molar-refractivity contribution in [3.8, 4) is 0 Å². The summed E-state index contributed by atoms with van der Waals surface area (Å²) in [5, 5.41) is 2.32. The molecule has 0 aliphatic carbocycles. The molecule has 3 rings (SSSR count). The second kappa shape index (κ2) is 9.55. The molecule has 1 aromatic heterocycles. The second-order valence-corrected chi connectivity index (χ2v) is 16.1. The van der Waals surface area contributed by atoms with Crippen molar-refractivity contribution < 1.29 is 8.39 Å². The molecule has 0 radical (unpaired) electrons. The molecule has 0 fully saturated rings. The van der Waals surface area contributed by atoms with Gasteiger partial charge in [0.1, 0.15) is 11.2 Å². The lowest BCUT2D eigenvalue weighted by Crippen LogP contribution is -2.17. The van der Waals surface area contributed by atoms with Crippen LogP contribution >= 0.6 is 8.16 Å². The van der Waals surface area contributed by atoms with Crippen LogP contribution < -0.4 is 4.67 Å². The van der Waals surface area contributed by atoms with Gasteiger partial charge in [0.15, 0.2) is 0 Å². The molecule has 2 aromatic carbocycles. The summed E-state index contributed by atoms with van der Waals surface area (Å²) in [6.07, 6.45) is 1.05. The molecule has 1 heterocycles. The summed E-state index contributed by atoms with van der Waals surface area (Å²) in [5.74, 6) is 0. The fraction of sp³-hybridized carbons (Fsp3) is 0.625. The predicted octanol–water partition coefficient (Wildman–Crippen LogP) is 10.5. The van der Waals surface area contributed by atoms with Gasteiger partial charge in [-0.15, -0.1) is 0 Å². The molecule has 36 heavy (non-hydrogen) atoms. The molecule has 0 saturated heterocycles. The smallest absolute Gasteiger partial charge is 0.309 e. The molecule has 3 nitrogen and oxygen atoms in total. The third-order valence-corrected chi connectivity index (χ3v) is 8.42. The Morgan fingerprint density at radius 1 is 0.611 bits per heavy atom. The van der Waals surface area contributed by atoms with Gasteiger partial charge in [-0.2, -0.15) is 0 Å². The molecule has 200 valence electrons. The van der Waals surface area contributed by atoms with Gasteiger partial charge in [-0.25, -0.2) is 4.67 Å². The van der Waals surface area contributed by atoms with E-state index in [4.69, 9.17) is 8.39 Å². The summed E-state index contributed by atoms with van der Waals surface area (Å²) in [7, 11) is 0.818. The van der Waals surface area contributed by atoms with Crippen LogP contribution in [0.1, 0.15) is 119 Å². The van der Waals surface area contributed by atoms with E-state index in [1.807, 2.05) is 0 Å². The van der Waals surface area contributed by atoms with Crippen molar-refractivity contribution in [2.24, 2.45) is 0 Å². The Kier molecular flexibility index (Phi) is 7.66. The van der Waals surface area contributed by atoms with E-state index in [1.165, 1.54) is 22.3 Å². The highest BCUT2D eigenvalue weighted by molar-refractivity contribution is 7.38. The number of fused-ring (bicyclic) bond motifs is 3. The Morgan fingerprint density at radius 3 is 1.25 bits per heavy atom. The quantitative estimate of drug-likeness (QED) is 0.350. The van der Waals surface area contributed by atoms with Gasteiger partial charge in [0.05, 0.1) is 0 Å². The lowest BCUT2D eigenvalue weighted by molar-refractivity contribution is 0.553. The lowest BCUT2D eigenvalue weighted by atomic mass is 9.77. The normalized spacial score (nSPS) is 13.8. The van der Waals surface area contributed by atoms with Crippen LogP contribution in [0.3, 0.4) is 0 Å². The number of benzene rings is 2. The Hall–Kier alpha value is -1.70. The van der Waals surface area contributed by atoms with Gasteiger partial charge in [-0.1, -0.05) is 102 Å². The van der Waals surface area contributed by atoms with E-state index >= 15 is 0 Å². The fourth-order valence-electron chi connectivity index (χ4n) is 4.55. The maximum absolute atomic E-state index is 6.94. The molecular formula is C32H50NO2P. The summed E-state index contributed by atoms with van der Waals surface area (Å²) in [6, 6.07) is 9.47. The first-order valence-corrected chi connectivity index (χ1v) is 14.6. The van der Waals surface area contributed by atoms with E-state index in [1.54, 1.807) is 0 Å². The molecule has 0 N–H and O–H groups in total. The van der Waals surface area contributed by atoms with Gasteiger partial charge >= 0.3 is 8.16 Å². The zero-order valence-electron chi connectivity index (χ0n) is 25.4. The monoisotopic (exact) mass is 511 g/mol. The van der Waals surface area contributed by atoms with Crippen LogP contribution in [0.4, 0.5) is 0 Å². The van der Waals surface area contributed by atoms with Gasteiger partial charge in [0.2, 0.25) is 0 Å². The lowest BCUT2D eigenvalue weighted by Gasteiger charge is -2.27. The number of hydrogen-bond donors (Lipinski definition) is 0. The fourth-order valence-corrected chi connectivity index (χ4v) is 5.94. The summed E-state index contributed by atoms with van der Waals surface area (Å²) in [6.45, 7) is 30.6. The van der Waals surface area contributed by atoms with E-state index in [2.05, 4.69) is 126 Å². The standard InChI is InChI=1S/C32H50NO2P/c1-15-16-33(14)36-34-27-23(17-21(29(2,3)4)19-25(27)31(8,9)10)24-18-22(30(5,6)7)20-26(28(24)35-36)32(11,12)13/h17-20H,15-16H2,1-14H3. The van der Waals surface area contributed by atoms with Crippen molar-refractivity contribution in [2.75, 3.05) is 18.3 Å². The van der Waals surface area contributed by atoms with Crippen molar-refractivity contribution in [3.05, 3.63) is 46.5 Å². The van der Waals surface area contributed by atoms with Crippen molar-refractivity contribution in [3.63, 3.8) is 0 Å². The maximum atomic E-state index is 6.94. The molecule has 0 aliphatic rings. The Morgan fingerprint density at radius 2 is 0.972 bits per heavy atom. The van der Waals surface area contributed by atoms with Crippen LogP contribution in [0.2, 0.25) is 0 Å². The molecule has 0 bridgehead atoms. The summed E-state index contributed by atoms with van der Waals surface area (Å²) >= 11 is 0. The molecule has 0 saturated carbocycles. The van der Waals surface area contributed by atoms with Crippen LogP contribution in [0.5, 0.6) is 0 Å². The number of hydrogen-bond acceptors (Lipinski definition) is 3. The van der Waals surface area contributed by atoms with Crippen molar-refractivity contribution >= 4 is 30.1 Å². The summed E-state index contributed by atoms with van der Waals surface area (Å²) < 4.78 is 16.1.